The van der Waals surface area contributed by atoms with Gasteiger partial charge in [0.05, 0.1) is 28.3 Å². The zero-order valence-corrected chi connectivity index (χ0v) is 21.6. The molecule has 0 unspecified atom stereocenters. The minimum Gasteiger partial charge on any atom is -0.395 e. The molecule has 1 aromatic carbocycles. The molecule has 182 valence electrons. The zero-order chi connectivity index (χ0) is 24.4. The molecule has 3 heterocycles. The van der Waals surface area contributed by atoms with Crippen molar-refractivity contribution in [3.63, 3.8) is 0 Å². The standard InChI is InChI=1S/C25H32N4O3S2/c1-4-28-20-8-6-5-7-18(20)22(27-11-9-26(10-12-27)13-14-30)19(23(28)31)15-21-24(32)29(16-17(2)3)25(33)34-21/h5-8,15,17,30H,4,9-14,16H2,1-3H3. The lowest BCUT2D eigenvalue weighted by Crippen LogP contribution is -2.48. The highest BCUT2D eigenvalue weighted by atomic mass is 32.2. The zero-order valence-electron chi connectivity index (χ0n) is 20.0. The molecule has 0 atom stereocenters. The summed E-state index contributed by atoms with van der Waals surface area (Å²) in [6, 6.07) is 7.98. The summed E-state index contributed by atoms with van der Waals surface area (Å²) in [5.41, 5.74) is 2.22. The number of aliphatic hydroxyl groups is 1. The van der Waals surface area contributed by atoms with Crippen molar-refractivity contribution in [1.82, 2.24) is 14.4 Å². The Hall–Kier alpha value is -2.20. The van der Waals surface area contributed by atoms with E-state index in [0.717, 1.165) is 42.8 Å². The highest BCUT2D eigenvalue weighted by Crippen LogP contribution is 2.36. The van der Waals surface area contributed by atoms with Gasteiger partial charge in [0.15, 0.2) is 0 Å². The van der Waals surface area contributed by atoms with Gasteiger partial charge in [-0.2, -0.15) is 0 Å². The van der Waals surface area contributed by atoms with Crippen LogP contribution in [0.2, 0.25) is 0 Å². The highest BCUT2D eigenvalue weighted by Gasteiger charge is 2.33. The van der Waals surface area contributed by atoms with Crippen LogP contribution in [0.1, 0.15) is 26.3 Å². The van der Waals surface area contributed by atoms with E-state index in [0.29, 0.717) is 40.3 Å². The van der Waals surface area contributed by atoms with Crippen LogP contribution in [0.3, 0.4) is 0 Å². The van der Waals surface area contributed by atoms with E-state index < -0.39 is 0 Å². The van der Waals surface area contributed by atoms with Crippen molar-refractivity contribution >= 4 is 56.9 Å². The molecule has 1 amide bonds. The quantitative estimate of drug-likeness (QED) is 0.463. The SMILES string of the molecule is CCn1c(=O)c(C=C2SC(=S)N(CC(C)C)C2=O)c(N2CCN(CCO)CC2)c2ccccc21. The van der Waals surface area contributed by atoms with E-state index in [1.165, 1.54) is 11.8 Å². The van der Waals surface area contributed by atoms with Crippen molar-refractivity contribution in [1.29, 1.82) is 0 Å². The molecule has 2 saturated heterocycles. The summed E-state index contributed by atoms with van der Waals surface area (Å²) in [4.78, 5) is 33.6. The smallest absolute Gasteiger partial charge is 0.266 e. The van der Waals surface area contributed by atoms with Gasteiger partial charge in [-0.25, -0.2) is 0 Å². The Morgan fingerprint density at radius 3 is 2.50 bits per heavy atom. The first-order valence-corrected chi connectivity index (χ1v) is 13.1. The Morgan fingerprint density at radius 2 is 1.85 bits per heavy atom. The van der Waals surface area contributed by atoms with Crippen LogP contribution in [0.5, 0.6) is 0 Å². The first-order chi connectivity index (χ1) is 16.3. The number of anilines is 1. The fraction of sp³-hybridized carbons (Fsp3) is 0.480. The number of aliphatic hydroxyl groups excluding tert-OH is 1. The Morgan fingerprint density at radius 1 is 1.15 bits per heavy atom. The molecule has 0 bridgehead atoms. The van der Waals surface area contributed by atoms with E-state index in [4.69, 9.17) is 12.2 Å². The van der Waals surface area contributed by atoms with Crippen LogP contribution < -0.4 is 10.5 Å². The number of aromatic nitrogens is 1. The largest absolute Gasteiger partial charge is 0.395 e. The number of thiocarbonyl (C=S) groups is 1. The molecule has 2 aliphatic heterocycles. The van der Waals surface area contributed by atoms with E-state index in [2.05, 4.69) is 29.7 Å². The van der Waals surface area contributed by atoms with E-state index in [-0.39, 0.29) is 18.1 Å². The average molecular weight is 501 g/mol. The molecule has 0 saturated carbocycles. The van der Waals surface area contributed by atoms with Gasteiger partial charge in [-0.3, -0.25) is 19.4 Å². The van der Waals surface area contributed by atoms with Crippen molar-refractivity contribution in [3.05, 3.63) is 45.1 Å². The maximum absolute atomic E-state index is 13.8. The first kappa shape index (κ1) is 24.9. The number of fused-ring (bicyclic) bond motifs is 1. The van der Waals surface area contributed by atoms with Gasteiger partial charge in [-0.05, 0) is 25.0 Å². The number of carbonyl (C=O) groups is 1. The van der Waals surface area contributed by atoms with Crippen LogP contribution in [0.25, 0.3) is 17.0 Å². The van der Waals surface area contributed by atoms with E-state index in [1.54, 1.807) is 15.5 Å². The second-order valence-corrected chi connectivity index (χ2v) is 10.7. The number of benzene rings is 1. The summed E-state index contributed by atoms with van der Waals surface area (Å²) in [6.07, 6.45) is 1.76. The number of hydrogen-bond acceptors (Lipinski definition) is 7. The van der Waals surface area contributed by atoms with Crippen LogP contribution in [-0.2, 0) is 11.3 Å². The molecule has 2 fully saturated rings. The van der Waals surface area contributed by atoms with Crippen LogP contribution in [-0.4, -0.2) is 75.6 Å². The number of aryl methyl sites for hydroxylation is 1. The molecule has 9 heteroatoms. The third kappa shape index (κ3) is 4.79. The number of para-hydroxylation sites is 1. The van der Waals surface area contributed by atoms with Gasteiger partial charge in [0.25, 0.3) is 11.5 Å². The van der Waals surface area contributed by atoms with Gasteiger partial charge in [-0.15, -0.1) is 0 Å². The number of rotatable bonds is 7. The number of thioether (sulfide) groups is 1. The summed E-state index contributed by atoms with van der Waals surface area (Å²) >= 11 is 6.77. The maximum atomic E-state index is 13.8. The van der Waals surface area contributed by atoms with E-state index in [9.17, 15) is 14.7 Å². The van der Waals surface area contributed by atoms with Crippen LogP contribution in [0, 0.1) is 5.92 Å². The van der Waals surface area contributed by atoms with Gasteiger partial charge in [0, 0.05) is 51.2 Å². The molecule has 7 nitrogen and oxygen atoms in total. The first-order valence-electron chi connectivity index (χ1n) is 11.8. The highest BCUT2D eigenvalue weighted by molar-refractivity contribution is 8.26. The Labute approximate surface area is 210 Å². The van der Waals surface area contributed by atoms with Crippen LogP contribution in [0.15, 0.2) is 34.0 Å². The molecule has 0 radical (unpaired) electrons. The number of nitrogens with zero attached hydrogens (tertiary/aromatic N) is 4. The number of β-amino-alcohol motifs (C(OH)–C–C–N with tert-alkyl or cyclic N) is 1. The maximum Gasteiger partial charge on any atom is 0.266 e. The molecule has 34 heavy (non-hydrogen) atoms. The predicted molar refractivity (Wildman–Crippen MR) is 144 cm³/mol. The number of carbonyl (C=O) groups excluding carboxylic acids is 1. The van der Waals surface area contributed by atoms with Gasteiger partial charge < -0.3 is 14.6 Å². The molecular formula is C25H32N4O3S2. The summed E-state index contributed by atoms with van der Waals surface area (Å²) < 4.78 is 2.32. The third-order valence-electron chi connectivity index (χ3n) is 6.30. The summed E-state index contributed by atoms with van der Waals surface area (Å²) in [7, 11) is 0. The summed E-state index contributed by atoms with van der Waals surface area (Å²) in [5, 5.41) is 10.3. The van der Waals surface area contributed by atoms with E-state index in [1.807, 2.05) is 25.1 Å². The molecule has 2 aromatic rings. The minimum absolute atomic E-state index is 0.0943. The topological polar surface area (TPSA) is 69.0 Å². The van der Waals surface area contributed by atoms with Crippen molar-refractivity contribution in [2.75, 3.05) is 50.8 Å². The molecule has 0 spiro atoms. The number of piperazine rings is 1. The van der Waals surface area contributed by atoms with E-state index >= 15 is 0 Å². The Balaban J connectivity index is 1.85. The molecule has 2 aliphatic rings. The predicted octanol–water partition coefficient (Wildman–Crippen LogP) is 2.99. The number of hydrogen-bond donors (Lipinski definition) is 1. The van der Waals surface area contributed by atoms with Gasteiger partial charge in [-0.1, -0.05) is 56.0 Å². The van der Waals surface area contributed by atoms with Crippen molar-refractivity contribution in [3.8, 4) is 0 Å². The fourth-order valence-electron chi connectivity index (χ4n) is 4.69. The lowest BCUT2D eigenvalue weighted by Gasteiger charge is -2.37. The summed E-state index contributed by atoms with van der Waals surface area (Å²) in [5.74, 6) is 0.170. The average Bonchev–Trinajstić information content (AvgIpc) is 3.07. The second-order valence-electron chi connectivity index (χ2n) is 9.07. The number of amides is 1. The van der Waals surface area contributed by atoms with Gasteiger partial charge >= 0.3 is 0 Å². The van der Waals surface area contributed by atoms with Gasteiger partial charge in [0.2, 0.25) is 0 Å². The molecule has 4 rings (SSSR count). The minimum atomic E-state index is -0.127. The van der Waals surface area contributed by atoms with Crippen molar-refractivity contribution in [2.24, 2.45) is 5.92 Å². The lowest BCUT2D eigenvalue weighted by atomic mass is 10.0. The fourth-order valence-corrected chi connectivity index (χ4v) is 5.94. The normalized spacial score (nSPS) is 18.8. The van der Waals surface area contributed by atoms with Gasteiger partial charge in [0.1, 0.15) is 4.32 Å². The summed E-state index contributed by atoms with van der Waals surface area (Å²) in [6.45, 7) is 11.1. The molecule has 0 aliphatic carbocycles. The Kier molecular flexibility index (Phi) is 7.77. The number of pyridine rings is 1. The van der Waals surface area contributed by atoms with Crippen molar-refractivity contribution in [2.45, 2.75) is 27.3 Å². The van der Waals surface area contributed by atoms with Crippen molar-refractivity contribution < 1.29 is 9.90 Å². The molecular weight excluding hydrogens is 468 g/mol. The second kappa shape index (κ2) is 10.6. The third-order valence-corrected chi connectivity index (χ3v) is 7.68. The molecule has 1 aromatic heterocycles. The lowest BCUT2D eigenvalue weighted by molar-refractivity contribution is -0.122. The Bertz CT molecular complexity index is 1180. The van der Waals surface area contributed by atoms with Crippen LogP contribution >= 0.6 is 24.0 Å². The monoisotopic (exact) mass is 500 g/mol. The molecule has 1 N–H and O–H groups in total. The van der Waals surface area contributed by atoms with Crippen LogP contribution in [0.4, 0.5) is 5.69 Å².